The number of carbonyl (C=O) groups excluding carboxylic acids is 1. The third-order valence-corrected chi connectivity index (χ3v) is 2.24. The van der Waals surface area contributed by atoms with E-state index in [9.17, 15) is 4.79 Å². The van der Waals surface area contributed by atoms with Crippen LogP contribution in [0.2, 0.25) is 0 Å². The third-order valence-electron chi connectivity index (χ3n) is 2.24. The average molecular weight is 260 g/mol. The fourth-order valence-electron chi connectivity index (χ4n) is 1.12. The summed E-state index contributed by atoms with van der Waals surface area (Å²) in [5.74, 6) is 0.935. The van der Waals surface area contributed by atoms with Gasteiger partial charge in [0.1, 0.15) is 11.6 Å². The maximum atomic E-state index is 11.6. The van der Waals surface area contributed by atoms with Gasteiger partial charge in [-0.05, 0) is 12.0 Å². The Balaban J connectivity index is 0.00000256. The van der Waals surface area contributed by atoms with E-state index in [2.05, 4.69) is 10.3 Å². The van der Waals surface area contributed by atoms with Crippen molar-refractivity contribution in [2.75, 3.05) is 12.4 Å². The predicted molar refractivity (Wildman–Crippen MR) is 69.5 cm³/mol. The number of nitrogens with two attached hydrogens (primary N) is 1. The minimum absolute atomic E-state index is 0. The molecule has 1 atom stereocenters. The molecule has 3 N–H and O–H groups in total. The van der Waals surface area contributed by atoms with Crippen LogP contribution in [0.5, 0.6) is 5.75 Å². The number of nitrogens with zero attached hydrogens (tertiary/aromatic N) is 1. The molecule has 0 aliphatic carbocycles. The number of halogens is 1. The molecule has 0 bridgehead atoms. The summed E-state index contributed by atoms with van der Waals surface area (Å²) in [7, 11) is 1.56. The molecule has 0 fully saturated rings. The SMILES string of the molecule is COc1ccnc(NC(=O)[C@@H](N)C(C)C)c1.Cl. The molecule has 0 saturated carbocycles. The van der Waals surface area contributed by atoms with Crippen molar-refractivity contribution in [1.29, 1.82) is 0 Å². The molecule has 0 spiro atoms. The maximum Gasteiger partial charge on any atom is 0.242 e. The molecule has 0 saturated heterocycles. The normalized spacial score (nSPS) is 11.6. The van der Waals surface area contributed by atoms with Gasteiger partial charge in [0.15, 0.2) is 0 Å². The maximum absolute atomic E-state index is 11.6. The molecule has 6 heteroatoms. The van der Waals surface area contributed by atoms with Crippen molar-refractivity contribution in [2.24, 2.45) is 11.7 Å². The Morgan fingerprint density at radius 2 is 2.18 bits per heavy atom. The molecule has 5 nitrogen and oxygen atoms in total. The van der Waals surface area contributed by atoms with E-state index in [1.165, 1.54) is 0 Å². The second-order valence-electron chi connectivity index (χ2n) is 3.84. The largest absolute Gasteiger partial charge is 0.497 e. The molecule has 0 unspecified atom stereocenters. The molecular weight excluding hydrogens is 242 g/mol. The zero-order chi connectivity index (χ0) is 12.1. The lowest BCUT2D eigenvalue weighted by molar-refractivity contribution is -0.118. The van der Waals surface area contributed by atoms with Gasteiger partial charge in [-0.15, -0.1) is 12.4 Å². The fraction of sp³-hybridized carbons (Fsp3) is 0.455. The quantitative estimate of drug-likeness (QED) is 0.858. The van der Waals surface area contributed by atoms with Gasteiger partial charge in [0, 0.05) is 12.3 Å². The monoisotopic (exact) mass is 259 g/mol. The standard InChI is InChI=1S/C11H17N3O2.ClH/c1-7(2)10(12)11(15)14-9-6-8(16-3)4-5-13-9;/h4-7,10H,12H2,1-3H3,(H,13,14,15);1H/t10-;/m0./s1. The van der Waals surface area contributed by atoms with Crippen LogP contribution in [-0.4, -0.2) is 24.0 Å². The van der Waals surface area contributed by atoms with Gasteiger partial charge in [-0.3, -0.25) is 4.79 Å². The van der Waals surface area contributed by atoms with E-state index in [-0.39, 0.29) is 24.2 Å². The predicted octanol–water partition coefficient (Wildman–Crippen LogP) is 1.43. The summed E-state index contributed by atoms with van der Waals surface area (Å²) in [6.07, 6.45) is 1.56. The van der Waals surface area contributed by atoms with Crippen molar-refractivity contribution >= 4 is 24.1 Å². The zero-order valence-corrected chi connectivity index (χ0v) is 11.0. The van der Waals surface area contributed by atoms with Crippen LogP contribution in [0, 0.1) is 5.92 Å². The highest BCUT2D eigenvalue weighted by molar-refractivity contribution is 5.94. The summed E-state index contributed by atoms with van der Waals surface area (Å²) in [5.41, 5.74) is 5.71. The Hall–Kier alpha value is -1.33. The van der Waals surface area contributed by atoms with Crippen LogP contribution in [-0.2, 0) is 4.79 Å². The molecule has 1 aromatic heterocycles. The Bertz CT molecular complexity index is 371. The first-order valence-corrected chi connectivity index (χ1v) is 5.11. The van der Waals surface area contributed by atoms with E-state index in [1.807, 2.05) is 13.8 Å². The van der Waals surface area contributed by atoms with Gasteiger partial charge in [-0.1, -0.05) is 13.8 Å². The molecule has 1 rings (SSSR count). The van der Waals surface area contributed by atoms with Gasteiger partial charge < -0.3 is 15.8 Å². The smallest absolute Gasteiger partial charge is 0.242 e. The molecule has 1 heterocycles. The lowest BCUT2D eigenvalue weighted by Gasteiger charge is -2.14. The van der Waals surface area contributed by atoms with Crippen LogP contribution in [0.1, 0.15) is 13.8 Å². The number of hydrogen-bond acceptors (Lipinski definition) is 4. The molecule has 0 aliphatic rings. The zero-order valence-electron chi connectivity index (χ0n) is 10.1. The van der Waals surface area contributed by atoms with E-state index >= 15 is 0 Å². The average Bonchev–Trinajstić information content (AvgIpc) is 2.28. The molecule has 1 aromatic rings. The van der Waals surface area contributed by atoms with Crippen LogP contribution in [0.25, 0.3) is 0 Å². The third kappa shape index (κ3) is 4.58. The van der Waals surface area contributed by atoms with Crippen molar-refractivity contribution < 1.29 is 9.53 Å². The van der Waals surface area contributed by atoms with Gasteiger partial charge >= 0.3 is 0 Å². The first-order chi connectivity index (χ1) is 7.54. The van der Waals surface area contributed by atoms with Gasteiger partial charge in [-0.25, -0.2) is 4.98 Å². The van der Waals surface area contributed by atoms with Crippen molar-refractivity contribution in [3.8, 4) is 5.75 Å². The van der Waals surface area contributed by atoms with E-state index in [0.717, 1.165) is 0 Å². The Kier molecular flexibility index (Phi) is 6.53. The summed E-state index contributed by atoms with van der Waals surface area (Å²) >= 11 is 0. The first-order valence-electron chi connectivity index (χ1n) is 5.11. The van der Waals surface area contributed by atoms with E-state index in [0.29, 0.717) is 11.6 Å². The number of rotatable bonds is 4. The summed E-state index contributed by atoms with van der Waals surface area (Å²) in [6, 6.07) is 2.82. The number of amides is 1. The summed E-state index contributed by atoms with van der Waals surface area (Å²) in [5, 5.41) is 2.64. The van der Waals surface area contributed by atoms with Crippen LogP contribution >= 0.6 is 12.4 Å². The van der Waals surface area contributed by atoms with E-state index in [1.54, 1.807) is 25.4 Å². The minimum Gasteiger partial charge on any atom is -0.497 e. The number of pyridine rings is 1. The Morgan fingerprint density at radius 1 is 1.53 bits per heavy atom. The number of anilines is 1. The lowest BCUT2D eigenvalue weighted by atomic mass is 10.1. The van der Waals surface area contributed by atoms with E-state index in [4.69, 9.17) is 10.5 Å². The van der Waals surface area contributed by atoms with Crippen molar-refractivity contribution in [3.05, 3.63) is 18.3 Å². The van der Waals surface area contributed by atoms with Gasteiger partial charge in [0.2, 0.25) is 5.91 Å². The molecule has 0 radical (unpaired) electrons. The first kappa shape index (κ1) is 15.7. The van der Waals surface area contributed by atoms with Crippen LogP contribution in [0.15, 0.2) is 18.3 Å². The van der Waals surface area contributed by atoms with Gasteiger partial charge in [0.05, 0.1) is 13.2 Å². The molecule has 96 valence electrons. The highest BCUT2D eigenvalue weighted by Gasteiger charge is 2.17. The van der Waals surface area contributed by atoms with E-state index < -0.39 is 6.04 Å². The topological polar surface area (TPSA) is 77.2 Å². The van der Waals surface area contributed by atoms with Gasteiger partial charge in [0.25, 0.3) is 0 Å². The lowest BCUT2D eigenvalue weighted by Crippen LogP contribution is -2.39. The number of aromatic nitrogens is 1. The summed E-state index contributed by atoms with van der Waals surface area (Å²) in [6.45, 7) is 3.78. The second kappa shape index (κ2) is 7.09. The number of ether oxygens (including phenoxy) is 1. The minimum atomic E-state index is -0.534. The highest BCUT2D eigenvalue weighted by atomic mass is 35.5. The van der Waals surface area contributed by atoms with Crippen molar-refractivity contribution in [3.63, 3.8) is 0 Å². The number of nitrogens with one attached hydrogen (secondary N) is 1. The molecule has 0 aromatic carbocycles. The second-order valence-corrected chi connectivity index (χ2v) is 3.84. The van der Waals surface area contributed by atoms with Crippen LogP contribution in [0.3, 0.4) is 0 Å². The van der Waals surface area contributed by atoms with Crippen LogP contribution < -0.4 is 15.8 Å². The summed E-state index contributed by atoms with van der Waals surface area (Å²) < 4.78 is 5.02. The fourth-order valence-corrected chi connectivity index (χ4v) is 1.12. The van der Waals surface area contributed by atoms with Crippen molar-refractivity contribution in [1.82, 2.24) is 4.98 Å². The Morgan fingerprint density at radius 3 is 2.71 bits per heavy atom. The summed E-state index contributed by atoms with van der Waals surface area (Å²) in [4.78, 5) is 15.6. The molecule has 17 heavy (non-hydrogen) atoms. The number of hydrogen-bond donors (Lipinski definition) is 2. The number of carbonyl (C=O) groups is 1. The Labute approximate surface area is 107 Å². The van der Waals surface area contributed by atoms with Gasteiger partial charge in [-0.2, -0.15) is 0 Å². The molecule has 1 amide bonds. The molecule has 0 aliphatic heterocycles. The van der Waals surface area contributed by atoms with Crippen LogP contribution in [0.4, 0.5) is 5.82 Å². The van der Waals surface area contributed by atoms with Crippen molar-refractivity contribution in [2.45, 2.75) is 19.9 Å². The molecular formula is C11H18ClN3O2. The number of methoxy groups -OCH3 is 1. The highest BCUT2D eigenvalue weighted by Crippen LogP contribution is 2.14.